The molecule has 1 aromatic rings. The number of piperidine rings is 1. The minimum Gasteiger partial charge on any atom is -0.467 e. The highest BCUT2D eigenvalue weighted by atomic mass is 16.5. The van der Waals surface area contributed by atoms with Crippen LogP contribution in [0.2, 0.25) is 0 Å². The molecule has 4 heteroatoms. The van der Waals surface area contributed by atoms with Crippen LogP contribution in [0.3, 0.4) is 0 Å². The van der Waals surface area contributed by atoms with Gasteiger partial charge in [-0.3, -0.25) is 4.90 Å². The van der Waals surface area contributed by atoms with E-state index in [1.807, 2.05) is 12.4 Å². The van der Waals surface area contributed by atoms with Crippen molar-refractivity contribution in [2.75, 3.05) is 20.2 Å². The van der Waals surface area contributed by atoms with Gasteiger partial charge in [-0.2, -0.15) is 0 Å². The van der Waals surface area contributed by atoms with E-state index in [9.17, 15) is 0 Å². The van der Waals surface area contributed by atoms with Crippen LogP contribution in [0.1, 0.15) is 12.5 Å². The normalized spacial score (nSPS) is 32.5. The quantitative estimate of drug-likeness (QED) is 0.765. The zero-order chi connectivity index (χ0) is 11.1. The Morgan fingerprint density at radius 3 is 2.50 bits per heavy atom. The molecule has 0 N–H and O–H groups in total. The number of ether oxygens (including phenoxy) is 1. The van der Waals surface area contributed by atoms with Crippen molar-refractivity contribution in [1.82, 2.24) is 14.9 Å². The minimum atomic E-state index is 0.446. The Bertz CT molecular complexity index is 366. The summed E-state index contributed by atoms with van der Waals surface area (Å²) in [6, 6.07) is 0.446. The van der Waals surface area contributed by atoms with Crippen LogP contribution < -0.4 is 4.74 Å². The van der Waals surface area contributed by atoms with Gasteiger partial charge in [0.15, 0.2) is 0 Å². The van der Waals surface area contributed by atoms with Crippen molar-refractivity contribution in [2.24, 2.45) is 17.8 Å². The van der Waals surface area contributed by atoms with Crippen molar-refractivity contribution in [3.05, 3.63) is 18.0 Å². The fourth-order valence-corrected chi connectivity index (χ4v) is 2.83. The average molecular weight is 219 g/mol. The Balaban J connectivity index is 1.58. The molecule has 1 saturated carbocycles. The Morgan fingerprint density at radius 1 is 1.31 bits per heavy atom. The monoisotopic (exact) mass is 219 g/mol. The predicted molar refractivity (Wildman–Crippen MR) is 60.0 cm³/mol. The molecule has 0 radical (unpaired) electrons. The Kier molecular flexibility index (Phi) is 2.32. The smallest absolute Gasteiger partial charge is 0.316 e. The van der Waals surface area contributed by atoms with Crippen molar-refractivity contribution in [2.45, 2.75) is 13.5 Å². The van der Waals surface area contributed by atoms with Crippen LogP contribution in [0, 0.1) is 17.8 Å². The van der Waals surface area contributed by atoms with E-state index in [0.717, 1.165) is 24.3 Å². The van der Waals surface area contributed by atoms with Crippen LogP contribution in [-0.2, 0) is 6.54 Å². The second-order valence-corrected chi connectivity index (χ2v) is 4.96. The van der Waals surface area contributed by atoms with E-state index in [2.05, 4.69) is 21.8 Å². The minimum absolute atomic E-state index is 0.446. The number of rotatable bonds is 3. The lowest BCUT2D eigenvalue weighted by atomic mass is 10.2. The third-order valence-corrected chi connectivity index (χ3v) is 3.97. The van der Waals surface area contributed by atoms with Crippen molar-refractivity contribution in [1.29, 1.82) is 0 Å². The maximum absolute atomic E-state index is 4.94. The molecule has 1 aliphatic heterocycles. The third kappa shape index (κ3) is 1.67. The Morgan fingerprint density at radius 2 is 1.94 bits per heavy atom. The van der Waals surface area contributed by atoms with E-state index < -0.39 is 0 Å². The number of hydrogen-bond acceptors (Lipinski definition) is 4. The Labute approximate surface area is 95.7 Å². The Hall–Kier alpha value is -1.16. The molecular weight excluding hydrogens is 202 g/mol. The van der Waals surface area contributed by atoms with Crippen LogP contribution in [-0.4, -0.2) is 35.1 Å². The summed E-state index contributed by atoms with van der Waals surface area (Å²) < 4.78 is 4.94. The molecule has 1 saturated heterocycles. The van der Waals surface area contributed by atoms with Gasteiger partial charge in [0.2, 0.25) is 0 Å². The van der Waals surface area contributed by atoms with Crippen molar-refractivity contribution >= 4 is 0 Å². The topological polar surface area (TPSA) is 38.2 Å². The molecule has 0 aromatic carbocycles. The number of nitrogens with zero attached hydrogens (tertiary/aromatic N) is 3. The van der Waals surface area contributed by atoms with E-state index in [4.69, 9.17) is 4.74 Å². The summed E-state index contributed by atoms with van der Waals surface area (Å²) in [6.45, 7) is 5.84. The van der Waals surface area contributed by atoms with Crippen LogP contribution in [0.15, 0.2) is 12.4 Å². The van der Waals surface area contributed by atoms with Crippen molar-refractivity contribution < 1.29 is 4.74 Å². The molecule has 86 valence electrons. The molecule has 2 fully saturated rings. The molecular formula is C12H17N3O. The van der Waals surface area contributed by atoms with E-state index in [1.165, 1.54) is 18.7 Å². The van der Waals surface area contributed by atoms with Gasteiger partial charge in [0.1, 0.15) is 0 Å². The molecule has 1 aromatic heterocycles. The van der Waals surface area contributed by atoms with Gasteiger partial charge in [0, 0.05) is 37.6 Å². The highest BCUT2D eigenvalue weighted by molar-refractivity contribution is 5.10. The van der Waals surface area contributed by atoms with E-state index in [-0.39, 0.29) is 0 Å². The number of fused-ring (bicyclic) bond motifs is 1. The summed E-state index contributed by atoms with van der Waals surface area (Å²) in [5.74, 6) is 2.88. The number of methoxy groups -OCH3 is 1. The van der Waals surface area contributed by atoms with Crippen molar-refractivity contribution in [3.8, 4) is 6.01 Å². The van der Waals surface area contributed by atoms with Gasteiger partial charge in [-0.05, 0) is 17.8 Å². The number of likely N-dealkylation sites (tertiary alicyclic amines) is 1. The summed E-state index contributed by atoms with van der Waals surface area (Å²) in [5, 5.41) is 0. The average Bonchev–Trinajstić information content (AvgIpc) is 2.77. The summed E-state index contributed by atoms with van der Waals surface area (Å²) >= 11 is 0. The molecule has 2 heterocycles. The van der Waals surface area contributed by atoms with Crippen LogP contribution in [0.5, 0.6) is 6.01 Å². The third-order valence-electron chi connectivity index (χ3n) is 3.97. The van der Waals surface area contributed by atoms with Crippen LogP contribution in [0.25, 0.3) is 0 Å². The maximum atomic E-state index is 4.94. The van der Waals surface area contributed by atoms with Gasteiger partial charge < -0.3 is 4.74 Å². The molecule has 2 aliphatic rings. The van der Waals surface area contributed by atoms with Crippen molar-refractivity contribution in [3.63, 3.8) is 0 Å². The molecule has 3 rings (SSSR count). The summed E-state index contributed by atoms with van der Waals surface area (Å²) in [6.07, 6.45) is 3.72. The molecule has 0 spiro atoms. The van der Waals surface area contributed by atoms with Gasteiger partial charge in [0.25, 0.3) is 0 Å². The molecule has 2 atom stereocenters. The largest absolute Gasteiger partial charge is 0.467 e. The maximum Gasteiger partial charge on any atom is 0.316 e. The molecule has 4 nitrogen and oxygen atoms in total. The highest BCUT2D eigenvalue weighted by Crippen LogP contribution is 2.51. The van der Waals surface area contributed by atoms with Gasteiger partial charge >= 0.3 is 6.01 Å². The van der Waals surface area contributed by atoms with Gasteiger partial charge in [0.05, 0.1) is 7.11 Å². The molecule has 2 unspecified atom stereocenters. The van der Waals surface area contributed by atoms with E-state index in [0.29, 0.717) is 6.01 Å². The van der Waals surface area contributed by atoms with E-state index >= 15 is 0 Å². The molecule has 16 heavy (non-hydrogen) atoms. The molecule has 1 aliphatic carbocycles. The first-order valence-corrected chi connectivity index (χ1v) is 5.85. The van der Waals surface area contributed by atoms with Gasteiger partial charge in [-0.25, -0.2) is 9.97 Å². The molecule has 0 bridgehead atoms. The predicted octanol–water partition coefficient (Wildman–Crippen LogP) is 1.18. The first-order valence-electron chi connectivity index (χ1n) is 5.85. The fraction of sp³-hybridized carbons (Fsp3) is 0.667. The lowest BCUT2D eigenvalue weighted by molar-refractivity contribution is 0.280. The second-order valence-electron chi connectivity index (χ2n) is 4.96. The molecule has 0 amide bonds. The van der Waals surface area contributed by atoms with Crippen LogP contribution in [0.4, 0.5) is 0 Å². The zero-order valence-electron chi connectivity index (χ0n) is 9.76. The summed E-state index contributed by atoms with van der Waals surface area (Å²) in [7, 11) is 1.59. The summed E-state index contributed by atoms with van der Waals surface area (Å²) in [5.41, 5.74) is 1.18. The second kappa shape index (κ2) is 3.70. The lowest BCUT2D eigenvalue weighted by Crippen LogP contribution is -2.23. The standard InChI is InChI=1S/C12H17N3O/c1-8-10-6-15(7-11(8)10)5-9-3-13-12(16-2)14-4-9/h3-4,8,10-11H,5-7H2,1-2H3. The SMILES string of the molecule is COc1ncc(CN2CC3C(C)C3C2)cn1. The fourth-order valence-electron chi connectivity index (χ4n) is 2.83. The van der Waals surface area contributed by atoms with Gasteiger partial charge in [-0.1, -0.05) is 6.92 Å². The highest BCUT2D eigenvalue weighted by Gasteiger charge is 2.52. The first-order chi connectivity index (χ1) is 7.78. The lowest BCUT2D eigenvalue weighted by Gasteiger charge is -2.18. The first kappa shape index (κ1) is 10.0. The summed E-state index contributed by atoms with van der Waals surface area (Å²) in [4.78, 5) is 10.7. The zero-order valence-corrected chi connectivity index (χ0v) is 9.76. The van der Waals surface area contributed by atoms with E-state index in [1.54, 1.807) is 7.11 Å². The number of hydrogen-bond donors (Lipinski definition) is 0. The van der Waals surface area contributed by atoms with Crippen LogP contribution >= 0.6 is 0 Å². The van der Waals surface area contributed by atoms with Gasteiger partial charge in [-0.15, -0.1) is 0 Å². The number of aromatic nitrogens is 2.